The van der Waals surface area contributed by atoms with Crippen LogP contribution >= 0.6 is 22.9 Å². The Kier molecular flexibility index (Phi) is 2.72. The largest absolute Gasteiger partial charge is 0.249 e. The van der Waals surface area contributed by atoms with E-state index in [0.717, 1.165) is 9.88 Å². The highest BCUT2D eigenvalue weighted by Gasteiger charge is 2.12. The first-order chi connectivity index (χ1) is 8.65. The first-order valence-corrected chi connectivity index (χ1v) is 6.39. The second-order valence-electron chi connectivity index (χ2n) is 3.72. The number of hydrogen-bond acceptors (Lipinski definition) is 4. The van der Waals surface area contributed by atoms with Gasteiger partial charge in [0.2, 0.25) is 0 Å². The van der Waals surface area contributed by atoms with Crippen LogP contribution in [0.25, 0.3) is 21.6 Å². The van der Waals surface area contributed by atoms with E-state index in [0.29, 0.717) is 11.3 Å². The molecule has 0 saturated heterocycles. The van der Waals surface area contributed by atoms with Crippen molar-refractivity contribution in [3.05, 3.63) is 40.4 Å². The van der Waals surface area contributed by atoms with Gasteiger partial charge in [0.15, 0.2) is 5.82 Å². The summed E-state index contributed by atoms with van der Waals surface area (Å²) in [4.78, 5) is 13.4. The molecule has 1 aromatic carbocycles. The molecule has 0 radical (unpaired) electrons. The maximum absolute atomic E-state index is 13.6. The lowest BCUT2D eigenvalue weighted by molar-refractivity contribution is 0.639. The van der Waals surface area contributed by atoms with Gasteiger partial charge in [-0.2, -0.15) is 0 Å². The molecule has 6 heteroatoms. The summed E-state index contributed by atoms with van der Waals surface area (Å²) in [6.45, 7) is 1.90. The fourth-order valence-electron chi connectivity index (χ4n) is 1.67. The van der Waals surface area contributed by atoms with Crippen LogP contribution in [-0.2, 0) is 0 Å². The fourth-order valence-corrected chi connectivity index (χ4v) is 2.65. The Hall–Kier alpha value is -1.59. The molecule has 0 spiro atoms. The summed E-state index contributed by atoms with van der Waals surface area (Å²) in [7, 11) is 0. The maximum atomic E-state index is 13.6. The van der Waals surface area contributed by atoms with Crippen molar-refractivity contribution < 1.29 is 4.39 Å². The van der Waals surface area contributed by atoms with Gasteiger partial charge in [0.1, 0.15) is 11.0 Å². The molecule has 2 aromatic heterocycles. The van der Waals surface area contributed by atoms with Crippen molar-refractivity contribution >= 4 is 33.8 Å². The predicted octanol–water partition coefficient (Wildman–Crippen LogP) is 3.85. The maximum Gasteiger partial charge on any atom is 0.173 e. The zero-order chi connectivity index (χ0) is 12.7. The zero-order valence-corrected chi connectivity index (χ0v) is 10.9. The van der Waals surface area contributed by atoms with E-state index in [-0.39, 0.29) is 10.5 Å². The van der Waals surface area contributed by atoms with Gasteiger partial charge in [-0.15, -0.1) is 11.3 Å². The Morgan fingerprint density at radius 1 is 1.28 bits per heavy atom. The number of fused-ring (bicyclic) bond motifs is 1. The summed E-state index contributed by atoms with van der Waals surface area (Å²) in [5.41, 5.74) is 0.496. The average molecular weight is 280 g/mol. The zero-order valence-electron chi connectivity index (χ0n) is 9.32. The van der Waals surface area contributed by atoms with Crippen LogP contribution in [0, 0.1) is 12.7 Å². The van der Waals surface area contributed by atoms with Gasteiger partial charge in [-0.3, -0.25) is 0 Å². The summed E-state index contributed by atoms with van der Waals surface area (Å²) in [5, 5.41) is 1.30. The van der Waals surface area contributed by atoms with Gasteiger partial charge >= 0.3 is 0 Å². The lowest BCUT2D eigenvalue weighted by atomic mass is 10.2. The van der Waals surface area contributed by atoms with E-state index in [1.54, 1.807) is 18.3 Å². The molecule has 3 aromatic rings. The normalized spacial score (nSPS) is 11.1. The van der Waals surface area contributed by atoms with E-state index >= 15 is 0 Å². The van der Waals surface area contributed by atoms with Crippen molar-refractivity contribution in [2.45, 2.75) is 6.92 Å². The molecular formula is C12H7ClFN3S. The molecule has 0 N–H and O–H groups in total. The summed E-state index contributed by atoms with van der Waals surface area (Å²) < 4.78 is 13.6. The van der Waals surface area contributed by atoms with E-state index in [2.05, 4.69) is 15.0 Å². The Bertz CT molecular complexity index is 741. The van der Waals surface area contributed by atoms with Crippen LogP contribution in [0.4, 0.5) is 4.39 Å². The second kappa shape index (κ2) is 4.26. The van der Waals surface area contributed by atoms with Crippen molar-refractivity contribution in [1.29, 1.82) is 0 Å². The number of halogens is 2. The van der Waals surface area contributed by atoms with Crippen molar-refractivity contribution in [2.24, 2.45) is 0 Å². The lowest BCUT2D eigenvalue weighted by Crippen LogP contribution is -1.92. The van der Waals surface area contributed by atoms with Crippen LogP contribution in [0.2, 0.25) is 5.15 Å². The molecule has 0 bridgehead atoms. The summed E-state index contributed by atoms with van der Waals surface area (Å²) in [6, 6.07) is 4.65. The van der Waals surface area contributed by atoms with Gasteiger partial charge in [0.05, 0.1) is 20.8 Å². The number of thiazole rings is 1. The first-order valence-electron chi connectivity index (χ1n) is 5.20. The molecule has 3 rings (SSSR count). The van der Waals surface area contributed by atoms with Gasteiger partial charge in [-0.05, 0) is 19.1 Å². The minimum atomic E-state index is -0.412. The Morgan fingerprint density at radius 2 is 2.11 bits per heavy atom. The van der Waals surface area contributed by atoms with Crippen LogP contribution in [-0.4, -0.2) is 15.0 Å². The number of hydrogen-bond donors (Lipinski definition) is 0. The third-order valence-electron chi connectivity index (χ3n) is 2.47. The lowest BCUT2D eigenvalue weighted by Gasteiger charge is -2.03. The van der Waals surface area contributed by atoms with Gasteiger partial charge in [-0.25, -0.2) is 19.3 Å². The number of aryl methyl sites for hydroxylation is 1. The van der Waals surface area contributed by atoms with E-state index in [1.807, 2.05) is 6.92 Å². The van der Waals surface area contributed by atoms with Crippen LogP contribution < -0.4 is 0 Å². The smallest absolute Gasteiger partial charge is 0.173 e. The Labute approximate surface area is 111 Å². The minimum absolute atomic E-state index is 0.124. The Morgan fingerprint density at radius 3 is 2.83 bits per heavy atom. The summed E-state index contributed by atoms with van der Waals surface area (Å²) >= 11 is 7.49. The molecule has 0 amide bonds. The molecule has 0 fully saturated rings. The number of benzene rings is 1. The fraction of sp³-hybridized carbons (Fsp3) is 0.0833. The van der Waals surface area contributed by atoms with Gasteiger partial charge in [0, 0.05) is 6.20 Å². The van der Waals surface area contributed by atoms with Gasteiger partial charge in [-0.1, -0.05) is 17.7 Å². The summed E-state index contributed by atoms with van der Waals surface area (Å²) in [6.07, 6.45) is 1.69. The molecule has 0 aliphatic rings. The van der Waals surface area contributed by atoms with Gasteiger partial charge < -0.3 is 0 Å². The van der Waals surface area contributed by atoms with Crippen LogP contribution in [0.1, 0.15) is 5.01 Å². The molecule has 0 aliphatic heterocycles. The quantitative estimate of drug-likeness (QED) is 0.635. The standard InChI is InChI=1S/C12H7ClFN3S/c1-6-15-5-9(18-6)12-16-8-4-2-3-7(14)10(8)11(13)17-12/h2-5H,1H3. The third kappa shape index (κ3) is 1.85. The van der Waals surface area contributed by atoms with Crippen molar-refractivity contribution in [1.82, 2.24) is 15.0 Å². The van der Waals surface area contributed by atoms with E-state index in [9.17, 15) is 4.39 Å². The molecule has 3 nitrogen and oxygen atoms in total. The number of rotatable bonds is 1. The minimum Gasteiger partial charge on any atom is -0.249 e. The topological polar surface area (TPSA) is 38.7 Å². The third-order valence-corrected chi connectivity index (χ3v) is 3.65. The van der Waals surface area contributed by atoms with E-state index in [4.69, 9.17) is 11.6 Å². The molecule has 0 atom stereocenters. The van der Waals surface area contributed by atoms with Crippen LogP contribution in [0.5, 0.6) is 0 Å². The molecule has 90 valence electrons. The highest BCUT2D eigenvalue weighted by Crippen LogP contribution is 2.29. The molecule has 18 heavy (non-hydrogen) atoms. The molecule has 0 saturated carbocycles. The highest BCUT2D eigenvalue weighted by atomic mass is 35.5. The molecule has 0 unspecified atom stereocenters. The van der Waals surface area contributed by atoms with Gasteiger partial charge in [0.25, 0.3) is 0 Å². The second-order valence-corrected chi connectivity index (χ2v) is 5.31. The number of nitrogens with zero attached hydrogens (tertiary/aromatic N) is 3. The van der Waals surface area contributed by atoms with Crippen molar-refractivity contribution in [3.8, 4) is 10.7 Å². The van der Waals surface area contributed by atoms with Crippen molar-refractivity contribution in [2.75, 3.05) is 0 Å². The van der Waals surface area contributed by atoms with E-state index in [1.165, 1.54) is 17.4 Å². The molecule has 0 aliphatic carbocycles. The first kappa shape index (κ1) is 11.5. The highest BCUT2D eigenvalue weighted by molar-refractivity contribution is 7.14. The average Bonchev–Trinajstić information content (AvgIpc) is 2.75. The Balaban J connectivity index is 2.28. The molecular weight excluding hydrogens is 273 g/mol. The summed E-state index contributed by atoms with van der Waals surface area (Å²) in [5.74, 6) is 0.0632. The van der Waals surface area contributed by atoms with Crippen LogP contribution in [0.15, 0.2) is 24.4 Å². The van der Waals surface area contributed by atoms with E-state index < -0.39 is 5.82 Å². The van der Waals surface area contributed by atoms with Crippen LogP contribution in [0.3, 0.4) is 0 Å². The monoisotopic (exact) mass is 279 g/mol. The van der Waals surface area contributed by atoms with Crippen molar-refractivity contribution in [3.63, 3.8) is 0 Å². The number of aromatic nitrogens is 3. The molecule has 2 heterocycles. The SMILES string of the molecule is Cc1ncc(-c2nc(Cl)c3c(F)cccc3n2)s1. The predicted molar refractivity (Wildman–Crippen MR) is 70.4 cm³/mol.